The molecule has 0 aromatic carbocycles. The number of rotatable bonds is 4. The van der Waals surface area contributed by atoms with E-state index >= 15 is 0 Å². The van der Waals surface area contributed by atoms with Gasteiger partial charge >= 0.3 is 0 Å². The van der Waals surface area contributed by atoms with Crippen LogP contribution in [0.4, 0.5) is 0 Å². The highest BCUT2D eigenvalue weighted by Crippen LogP contribution is 2.19. The van der Waals surface area contributed by atoms with Gasteiger partial charge < -0.3 is 0 Å². The van der Waals surface area contributed by atoms with Gasteiger partial charge in [0.1, 0.15) is 0 Å². The average Bonchev–Trinajstić information content (AvgIpc) is 2.53. The fourth-order valence-corrected chi connectivity index (χ4v) is 1.85. The zero-order valence-corrected chi connectivity index (χ0v) is 11.8. The zero-order valence-electron chi connectivity index (χ0n) is 11.8. The molecule has 0 unspecified atom stereocenters. The number of hydrogen-bond acceptors (Lipinski definition) is 2. The molecule has 2 aromatic heterocycles. The van der Waals surface area contributed by atoms with Gasteiger partial charge in [-0.05, 0) is 43.7 Å². The molecule has 0 spiro atoms. The van der Waals surface area contributed by atoms with E-state index in [0.29, 0.717) is 0 Å². The molecular formula is C18H18N2. The van der Waals surface area contributed by atoms with Crippen LogP contribution in [0, 0.1) is 0 Å². The van der Waals surface area contributed by atoms with Crippen LogP contribution in [0.3, 0.4) is 0 Å². The molecule has 0 fully saturated rings. The van der Waals surface area contributed by atoms with Gasteiger partial charge in [-0.3, -0.25) is 4.98 Å². The number of pyridine rings is 2. The van der Waals surface area contributed by atoms with Crippen molar-refractivity contribution in [3.63, 3.8) is 0 Å². The van der Waals surface area contributed by atoms with Crippen LogP contribution in [0.2, 0.25) is 0 Å². The first-order chi connectivity index (χ1) is 9.85. The molecule has 2 heteroatoms. The molecule has 0 radical (unpaired) electrons. The van der Waals surface area contributed by atoms with Crippen LogP contribution in [0.5, 0.6) is 0 Å². The Morgan fingerprint density at radius 1 is 0.950 bits per heavy atom. The Hall–Kier alpha value is -2.48. The zero-order chi connectivity index (χ0) is 14.2. The molecule has 0 aliphatic rings. The summed E-state index contributed by atoms with van der Waals surface area (Å²) in [6.07, 6.45) is 11.9. The number of nitrogens with zero attached hydrogens (tertiary/aromatic N) is 2. The summed E-state index contributed by atoms with van der Waals surface area (Å²) < 4.78 is 0. The van der Waals surface area contributed by atoms with E-state index in [1.54, 1.807) is 6.20 Å². The minimum Gasteiger partial charge on any atom is -0.255 e. The largest absolute Gasteiger partial charge is 0.255 e. The molecule has 0 saturated heterocycles. The van der Waals surface area contributed by atoms with E-state index in [1.165, 1.54) is 0 Å². The van der Waals surface area contributed by atoms with E-state index < -0.39 is 0 Å². The molecule has 0 aliphatic carbocycles. The van der Waals surface area contributed by atoms with E-state index in [-0.39, 0.29) is 0 Å². The van der Waals surface area contributed by atoms with Crippen molar-refractivity contribution in [3.8, 4) is 11.4 Å². The summed E-state index contributed by atoms with van der Waals surface area (Å²) in [6.45, 7) is 4.02. The topological polar surface area (TPSA) is 25.8 Å². The second kappa shape index (κ2) is 7.19. The molecular weight excluding hydrogens is 244 g/mol. The van der Waals surface area contributed by atoms with Gasteiger partial charge in [-0.1, -0.05) is 42.5 Å². The fourth-order valence-electron chi connectivity index (χ4n) is 1.85. The lowest BCUT2D eigenvalue weighted by molar-refractivity contribution is 1.22. The molecule has 0 bridgehead atoms. The van der Waals surface area contributed by atoms with Crippen LogP contribution in [0.15, 0.2) is 73.0 Å². The molecule has 2 rings (SSSR count). The summed E-state index contributed by atoms with van der Waals surface area (Å²) in [5.41, 5.74) is 3.83. The number of aromatic nitrogens is 2. The van der Waals surface area contributed by atoms with Gasteiger partial charge in [-0.25, -0.2) is 4.98 Å². The molecule has 0 atom stereocenters. The van der Waals surface area contributed by atoms with Gasteiger partial charge in [0.05, 0.1) is 17.1 Å². The third kappa shape index (κ3) is 3.51. The number of allylic oxidation sites excluding steroid dienone is 6. The van der Waals surface area contributed by atoms with Gasteiger partial charge in [-0.2, -0.15) is 0 Å². The summed E-state index contributed by atoms with van der Waals surface area (Å²) >= 11 is 0. The Morgan fingerprint density at radius 2 is 1.80 bits per heavy atom. The van der Waals surface area contributed by atoms with Crippen molar-refractivity contribution in [1.82, 2.24) is 9.97 Å². The molecule has 20 heavy (non-hydrogen) atoms. The summed E-state index contributed by atoms with van der Waals surface area (Å²) in [5, 5.41) is 0. The summed E-state index contributed by atoms with van der Waals surface area (Å²) in [4.78, 5) is 9.03. The van der Waals surface area contributed by atoms with Crippen LogP contribution in [-0.2, 0) is 0 Å². The van der Waals surface area contributed by atoms with Crippen molar-refractivity contribution in [2.24, 2.45) is 0 Å². The lowest BCUT2D eigenvalue weighted by Gasteiger charge is -2.04. The van der Waals surface area contributed by atoms with Crippen molar-refractivity contribution < 1.29 is 0 Å². The Bertz CT molecular complexity index is 637. The number of hydrogen-bond donors (Lipinski definition) is 0. The third-order valence-electron chi connectivity index (χ3n) is 2.86. The molecule has 0 aliphatic heterocycles. The molecule has 2 nitrogen and oxygen atoms in total. The van der Waals surface area contributed by atoms with Crippen molar-refractivity contribution in [1.29, 1.82) is 0 Å². The molecule has 0 saturated carbocycles. The van der Waals surface area contributed by atoms with Crippen molar-refractivity contribution in [2.75, 3.05) is 0 Å². The third-order valence-corrected chi connectivity index (χ3v) is 2.86. The van der Waals surface area contributed by atoms with E-state index in [9.17, 15) is 0 Å². The normalized spacial score (nSPS) is 12.4. The Kier molecular flexibility index (Phi) is 5.01. The van der Waals surface area contributed by atoms with Crippen LogP contribution >= 0.6 is 0 Å². The smallest absolute Gasteiger partial charge is 0.0893 e. The Morgan fingerprint density at radius 3 is 2.50 bits per heavy atom. The van der Waals surface area contributed by atoms with Crippen molar-refractivity contribution in [2.45, 2.75) is 13.8 Å². The second-order valence-electron chi connectivity index (χ2n) is 4.25. The fraction of sp³-hybridized carbons (Fsp3) is 0.111. The first-order valence-electron chi connectivity index (χ1n) is 6.69. The van der Waals surface area contributed by atoms with E-state index in [2.05, 4.69) is 22.1 Å². The van der Waals surface area contributed by atoms with E-state index in [4.69, 9.17) is 0 Å². The second-order valence-corrected chi connectivity index (χ2v) is 4.25. The highest BCUT2D eigenvalue weighted by molar-refractivity contribution is 5.73. The molecule has 0 amide bonds. The molecule has 100 valence electrons. The predicted molar refractivity (Wildman–Crippen MR) is 85.1 cm³/mol. The van der Waals surface area contributed by atoms with E-state index in [1.807, 2.05) is 68.5 Å². The van der Waals surface area contributed by atoms with Gasteiger partial charge in [0, 0.05) is 6.20 Å². The SMILES string of the molecule is C\C=C/C=C\C(=C/C)c1cccc(-c2ccccn2)n1. The summed E-state index contributed by atoms with van der Waals surface area (Å²) in [6, 6.07) is 11.9. The van der Waals surface area contributed by atoms with Crippen LogP contribution in [-0.4, -0.2) is 9.97 Å². The maximum Gasteiger partial charge on any atom is 0.0893 e. The Balaban J connectivity index is 2.34. The highest BCUT2D eigenvalue weighted by Gasteiger charge is 2.03. The molecule has 0 N–H and O–H groups in total. The summed E-state index contributed by atoms with van der Waals surface area (Å²) in [5.74, 6) is 0. The predicted octanol–water partition coefficient (Wildman–Crippen LogP) is 4.68. The standard InChI is InChI=1S/C18H18N2/c1-3-5-6-10-15(4-2)16-12-9-13-18(20-16)17-11-7-8-14-19-17/h3-14H,1-2H3/b5-3-,10-6-,15-4+. The van der Waals surface area contributed by atoms with Crippen molar-refractivity contribution in [3.05, 3.63) is 78.7 Å². The first-order valence-corrected chi connectivity index (χ1v) is 6.69. The van der Waals surface area contributed by atoms with E-state index in [0.717, 1.165) is 22.7 Å². The maximum absolute atomic E-state index is 4.69. The van der Waals surface area contributed by atoms with Crippen LogP contribution in [0.1, 0.15) is 19.5 Å². The van der Waals surface area contributed by atoms with Gasteiger partial charge in [0.15, 0.2) is 0 Å². The van der Waals surface area contributed by atoms with Gasteiger partial charge in [-0.15, -0.1) is 0 Å². The van der Waals surface area contributed by atoms with Crippen molar-refractivity contribution >= 4 is 5.57 Å². The first kappa shape index (κ1) is 13.9. The van der Waals surface area contributed by atoms with Crippen LogP contribution in [0.25, 0.3) is 17.0 Å². The minimum absolute atomic E-state index is 0.891. The molecule has 2 aromatic rings. The van der Waals surface area contributed by atoms with Gasteiger partial charge in [0.2, 0.25) is 0 Å². The molecule has 2 heterocycles. The quantitative estimate of drug-likeness (QED) is 0.748. The van der Waals surface area contributed by atoms with Crippen LogP contribution < -0.4 is 0 Å². The Labute approximate surface area is 120 Å². The average molecular weight is 262 g/mol. The highest BCUT2D eigenvalue weighted by atomic mass is 14.8. The minimum atomic E-state index is 0.891. The van der Waals surface area contributed by atoms with Gasteiger partial charge in [0.25, 0.3) is 0 Å². The lowest BCUT2D eigenvalue weighted by atomic mass is 10.1. The maximum atomic E-state index is 4.69. The monoisotopic (exact) mass is 262 g/mol. The lowest BCUT2D eigenvalue weighted by Crippen LogP contribution is -1.91. The summed E-state index contributed by atoms with van der Waals surface area (Å²) in [7, 11) is 0.